The van der Waals surface area contributed by atoms with Crippen LogP contribution in [0.3, 0.4) is 0 Å². The summed E-state index contributed by atoms with van der Waals surface area (Å²) in [6.45, 7) is 4.07. The van der Waals surface area contributed by atoms with Crippen molar-refractivity contribution in [2.24, 2.45) is 0 Å². The Labute approximate surface area is 102 Å². The Morgan fingerprint density at radius 1 is 1.31 bits per heavy atom. The molecule has 0 fully saturated rings. The highest BCUT2D eigenvalue weighted by atomic mass is 32.2. The zero-order chi connectivity index (χ0) is 11.8. The summed E-state index contributed by atoms with van der Waals surface area (Å²) in [4.78, 5) is 0. The molecule has 1 unspecified atom stereocenters. The molecule has 1 atom stereocenters. The van der Waals surface area contributed by atoms with Gasteiger partial charge in [-0.15, -0.1) is 0 Å². The molecule has 1 N–H and O–H groups in total. The third-order valence-corrected chi connectivity index (χ3v) is 3.30. The fourth-order valence-electron chi connectivity index (χ4n) is 1.70. The lowest BCUT2D eigenvalue weighted by atomic mass is 9.96. The SMILES string of the molecule is CCNCC(CCSC)c1ccc(F)cc1. The molecule has 90 valence electrons. The lowest BCUT2D eigenvalue weighted by Crippen LogP contribution is -2.21. The van der Waals surface area contributed by atoms with Crippen molar-refractivity contribution in [2.75, 3.05) is 25.1 Å². The third kappa shape index (κ3) is 4.54. The lowest BCUT2D eigenvalue weighted by Gasteiger charge is -2.17. The van der Waals surface area contributed by atoms with E-state index in [2.05, 4.69) is 18.5 Å². The zero-order valence-corrected chi connectivity index (χ0v) is 10.8. The molecule has 0 bridgehead atoms. The first-order chi connectivity index (χ1) is 7.77. The van der Waals surface area contributed by atoms with E-state index in [1.54, 1.807) is 12.1 Å². The minimum Gasteiger partial charge on any atom is -0.316 e. The molecule has 1 aromatic rings. The van der Waals surface area contributed by atoms with Gasteiger partial charge < -0.3 is 5.32 Å². The van der Waals surface area contributed by atoms with Gasteiger partial charge >= 0.3 is 0 Å². The second-order valence-electron chi connectivity index (χ2n) is 3.84. The highest BCUT2D eigenvalue weighted by molar-refractivity contribution is 7.98. The van der Waals surface area contributed by atoms with Crippen LogP contribution in [0.1, 0.15) is 24.8 Å². The highest BCUT2D eigenvalue weighted by Gasteiger charge is 2.10. The van der Waals surface area contributed by atoms with Crippen molar-refractivity contribution in [3.63, 3.8) is 0 Å². The van der Waals surface area contributed by atoms with E-state index in [-0.39, 0.29) is 5.82 Å². The number of hydrogen-bond donors (Lipinski definition) is 1. The number of likely N-dealkylation sites (N-methyl/N-ethyl adjacent to an activating group) is 1. The van der Waals surface area contributed by atoms with Crippen molar-refractivity contribution in [1.29, 1.82) is 0 Å². The molecule has 0 aliphatic carbocycles. The molecule has 1 aromatic carbocycles. The molecule has 0 amide bonds. The van der Waals surface area contributed by atoms with E-state index in [0.29, 0.717) is 5.92 Å². The van der Waals surface area contributed by atoms with E-state index in [0.717, 1.165) is 25.3 Å². The van der Waals surface area contributed by atoms with E-state index >= 15 is 0 Å². The molecule has 0 aromatic heterocycles. The quantitative estimate of drug-likeness (QED) is 0.786. The summed E-state index contributed by atoms with van der Waals surface area (Å²) < 4.78 is 12.8. The zero-order valence-electron chi connectivity index (χ0n) is 10.0. The van der Waals surface area contributed by atoms with Crippen molar-refractivity contribution in [1.82, 2.24) is 5.32 Å². The first-order valence-electron chi connectivity index (χ1n) is 5.73. The van der Waals surface area contributed by atoms with Crippen LogP contribution in [0.2, 0.25) is 0 Å². The van der Waals surface area contributed by atoms with E-state index in [4.69, 9.17) is 0 Å². The van der Waals surface area contributed by atoms with E-state index < -0.39 is 0 Å². The first kappa shape index (κ1) is 13.5. The molecule has 1 rings (SSSR count). The van der Waals surface area contributed by atoms with Crippen LogP contribution < -0.4 is 5.32 Å². The molecule has 3 heteroatoms. The minimum absolute atomic E-state index is 0.157. The van der Waals surface area contributed by atoms with Gasteiger partial charge in [-0.05, 0) is 48.6 Å². The second kappa shape index (κ2) is 7.69. The fourth-order valence-corrected chi connectivity index (χ4v) is 2.22. The average molecular weight is 241 g/mol. The standard InChI is InChI=1S/C13H20FNS/c1-3-15-10-12(8-9-16-2)11-4-6-13(14)7-5-11/h4-7,12,15H,3,8-10H2,1-2H3. The van der Waals surface area contributed by atoms with Crippen LogP contribution in [-0.4, -0.2) is 25.1 Å². The molecule has 0 aliphatic heterocycles. The number of rotatable bonds is 7. The summed E-state index contributed by atoms with van der Waals surface area (Å²) >= 11 is 1.86. The minimum atomic E-state index is -0.157. The summed E-state index contributed by atoms with van der Waals surface area (Å²) in [6.07, 6.45) is 3.26. The fraction of sp³-hybridized carbons (Fsp3) is 0.538. The Morgan fingerprint density at radius 2 is 2.00 bits per heavy atom. The van der Waals surface area contributed by atoms with Gasteiger partial charge in [-0.1, -0.05) is 19.1 Å². The van der Waals surface area contributed by atoms with Crippen LogP contribution in [0.15, 0.2) is 24.3 Å². The van der Waals surface area contributed by atoms with Crippen LogP contribution in [0, 0.1) is 5.82 Å². The number of benzene rings is 1. The average Bonchev–Trinajstić information content (AvgIpc) is 2.31. The van der Waals surface area contributed by atoms with E-state index in [1.165, 1.54) is 5.56 Å². The Balaban J connectivity index is 2.62. The van der Waals surface area contributed by atoms with Gasteiger partial charge in [0.25, 0.3) is 0 Å². The van der Waals surface area contributed by atoms with E-state index in [1.807, 2.05) is 23.9 Å². The second-order valence-corrected chi connectivity index (χ2v) is 4.82. The van der Waals surface area contributed by atoms with Gasteiger partial charge in [0.15, 0.2) is 0 Å². The molecule has 16 heavy (non-hydrogen) atoms. The van der Waals surface area contributed by atoms with Gasteiger partial charge in [-0.25, -0.2) is 4.39 Å². The van der Waals surface area contributed by atoms with Crippen molar-refractivity contribution >= 4 is 11.8 Å². The molecule has 0 aliphatic rings. The van der Waals surface area contributed by atoms with Gasteiger partial charge in [0, 0.05) is 6.54 Å². The number of nitrogens with one attached hydrogen (secondary N) is 1. The van der Waals surface area contributed by atoms with E-state index in [9.17, 15) is 4.39 Å². The van der Waals surface area contributed by atoms with Crippen LogP contribution in [0.25, 0.3) is 0 Å². The van der Waals surface area contributed by atoms with Crippen LogP contribution in [0.4, 0.5) is 4.39 Å². The summed E-state index contributed by atoms with van der Waals surface area (Å²) in [5.41, 5.74) is 1.23. The maximum absolute atomic E-state index is 12.8. The monoisotopic (exact) mass is 241 g/mol. The topological polar surface area (TPSA) is 12.0 Å². The maximum atomic E-state index is 12.8. The Bertz CT molecular complexity index is 278. The summed E-state index contributed by atoms with van der Waals surface area (Å²) in [5, 5.41) is 3.37. The Morgan fingerprint density at radius 3 is 2.56 bits per heavy atom. The van der Waals surface area contributed by atoms with Crippen molar-refractivity contribution in [2.45, 2.75) is 19.3 Å². The summed E-state index contributed by atoms with van der Waals surface area (Å²) in [7, 11) is 0. The van der Waals surface area contributed by atoms with Crippen LogP contribution in [0.5, 0.6) is 0 Å². The molecule has 0 saturated heterocycles. The van der Waals surface area contributed by atoms with Crippen molar-refractivity contribution < 1.29 is 4.39 Å². The normalized spacial score (nSPS) is 12.7. The first-order valence-corrected chi connectivity index (χ1v) is 7.12. The molecular formula is C13H20FNS. The van der Waals surface area contributed by atoms with Gasteiger partial charge in [0.05, 0.1) is 0 Å². The number of thioether (sulfide) groups is 1. The predicted molar refractivity (Wildman–Crippen MR) is 70.7 cm³/mol. The van der Waals surface area contributed by atoms with Crippen molar-refractivity contribution in [3.05, 3.63) is 35.6 Å². The summed E-state index contributed by atoms with van der Waals surface area (Å²) in [6, 6.07) is 6.90. The lowest BCUT2D eigenvalue weighted by molar-refractivity contribution is 0.583. The molecule has 0 spiro atoms. The number of halogens is 1. The Kier molecular flexibility index (Phi) is 6.50. The predicted octanol–water partition coefficient (Wildman–Crippen LogP) is 3.27. The molecule has 0 heterocycles. The van der Waals surface area contributed by atoms with Crippen molar-refractivity contribution in [3.8, 4) is 0 Å². The van der Waals surface area contributed by atoms with Crippen LogP contribution >= 0.6 is 11.8 Å². The highest BCUT2D eigenvalue weighted by Crippen LogP contribution is 2.21. The summed E-state index contributed by atoms with van der Waals surface area (Å²) in [5.74, 6) is 1.48. The van der Waals surface area contributed by atoms with Gasteiger partial charge in [0.1, 0.15) is 5.82 Å². The largest absolute Gasteiger partial charge is 0.316 e. The number of hydrogen-bond acceptors (Lipinski definition) is 2. The molecular weight excluding hydrogens is 221 g/mol. The smallest absolute Gasteiger partial charge is 0.123 e. The van der Waals surface area contributed by atoms with Gasteiger partial charge in [-0.3, -0.25) is 0 Å². The Hall–Kier alpha value is -0.540. The van der Waals surface area contributed by atoms with Gasteiger partial charge in [0.2, 0.25) is 0 Å². The molecule has 0 radical (unpaired) electrons. The van der Waals surface area contributed by atoms with Crippen LogP contribution in [-0.2, 0) is 0 Å². The molecule has 1 nitrogen and oxygen atoms in total. The maximum Gasteiger partial charge on any atom is 0.123 e. The van der Waals surface area contributed by atoms with Gasteiger partial charge in [-0.2, -0.15) is 11.8 Å². The third-order valence-electron chi connectivity index (χ3n) is 2.65. The molecule has 0 saturated carbocycles.